The molecule has 1 aromatic rings. The van der Waals surface area contributed by atoms with Crippen LogP contribution < -0.4 is 9.80 Å². The van der Waals surface area contributed by atoms with Gasteiger partial charge in [0.05, 0.1) is 23.5 Å². The Morgan fingerprint density at radius 1 is 1.16 bits per heavy atom. The van der Waals surface area contributed by atoms with E-state index in [1.165, 1.54) is 18.4 Å². The molecule has 170 valence electrons. The van der Waals surface area contributed by atoms with Crippen molar-refractivity contribution < 1.29 is 14.3 Å². The number of rotatable bonds is 2. The third kappa shape index (κ3) is 3.61. The zero-order valence-electron chi connectivity index (χ0n) is 19.7. The standard InChI is InChI=1S/C24H36N4O3/c1-16(2)31-23(30)26-14-17(3)28(19(5)29)21-10-9-20(13-22(21)26)24-11-7-8-12-27(18(24)4)25(6)15-24/h9-10,13,16-18H,7-8,11-12,14-15H2,1-6H3. The zero-order valence-corrected chi connectivity index (χ0v) is 19.7. The highest BCUT2D eigenvalue weighted by atomic mass is 16.6. The van der Waals surface area contributed by atoms with Crippen LogP contribution in [0.5, 0.6) is 0 Å². The summed E-state index contributed by atoms with van der Waals surface area (Å²) in [5.74, 6) is -0.00819. The predicted molar refractivity (Wildman–Crippen MR) is 122 cm³/mol. The van der Waals surface area contributed by atoms with Crippen LogP contribution in [0.2, 0.25) is 0 Å². The Morgan fingerprint density at radius 3 is 2.58 bits per heavy atom. The molecule has 0 radical (unpaired) electrons. The number of ether oxygens (including phenoxy) is 1. The van der Waals surface area contributed by atoms with Crippen molar-refractivity contribution in [3.63, 3.8) is 0 Å². The van der Waals surface area contributed by atoms with Gasteiger partial charge in [-0.15, -0.1) is 0 Å². The Labute approximate surface area is 185 Å². The summed E-state index contributed by atoms with van der Waals surface area (Å²) in [6.45, 7) is 12.1. The first kappa shape index (κ1) is 22.1. The minimum absolute atomic E-state index is 0.00819. The molecule has 0 saturated carbocycles. The summed E-state index contributed by atoms with van der Waals surface area (Å²) in [6, 6.07) is 6.64. The van der Waals surface area contributed by atoms with Crippen LogP contribution in [0.3, 0.4) is 0 Å². The van der Waals surface area contributed by atoms with Crippen molar-refractivity contribution in [2.24, 2.45) is 0 Å². The van der Waals surface area contributed by atoms with Crippen LogP contribution in [0, 0.1) is 0 Å². The number of carbonyl (C=O) groups is 2. The van der Waals surface area contributed by atoms with E-state index < -0.39 is 0 Å². The molecule has 0 spiro atoms. The molecule has 2 saturated heterocycles. The number of fused-ring (bicyclic) bond motifs is 3. The van der Waals surface area contributed by atoms with Gasteiger partial charge in [0.1, 0.15) is 0 Å². The van der Waals surface area contributed by atoms with Crippen molar-refractivity contribution in [1.82, 2.24) is 10.0 Å². The second-order valence-electron chi connectivity index (χ2n) is 9.75. The Morgan fingerprint density at radius 2 is 1.90 bits per heavy atom. The fourth-order valence-electron chi connectivity index (χ4n) is 5.91. The maximum atomic E-state index is 13.0. The molecule has 4 unspecified atom stereocenters. The van der Waals surface area contributed by atoms with E-state index >= 15 is 0 Å². The summed E-state index contributed by atoms with van der Waals surface area (Å²) in [6.07, 6.45) is 2.97. The molecule has 0 aromatic heterocycles. The average molecular weight is 429 g/mol. The molecular weight excluding hydrogens is 392 g/mol. The van der Waals surface area contributed by atoms with E-state index in [0.717, 1.165) is 30.9 Å². The number of amides is 2. The molecule has 3 aliphatic rings. The third-order valence-electron chi connectivity index (χ3n) is 7.34. The maximum absolute atomic E-state index is 13.0. The average Bonchev–Trinajstić information content (AvgIpc) is 2.81. The first-order valence-corrected chi connectivity index (χ1v) is 11.6. The monoisotopic (exact) mass is 428 g/mol. The number of likely N-dealkylation sites (N-methyl/N-ethyl adjacent to an activating group) is 1. The number of benzene rings is 1. The molecule has 7 heteroatoms. The summed E-state index contributed by atoms with van der Waals surface area (Å²) in [5.41, 5.74) is 2.83. The number of carbonyl (C=O) groups excluding carboxylic acids is 2. The van der Waals surface area contributed by atoms with Crippen LogP contribution in [-0.4, -0.2) is 66.9 Å². The first-order valence-electron chi connectivity index (χ1n) is 11.6. The van der Waals surface area contributed by atoms with Crippen LogP contribution in [0.1, 0.15) is 59.4 Å². The topological polar surface area (TPSA) is 56.3 Å². The fraction of sp³-hybridized carbons (Fsp3) is 0.667. The van der Waals surface area contributed by atoms with Gasteiger partial charge in [-0.25, -0.2) is 14.8 Å². The minimum atomic E-state index is -0.347. The van der Waals surface area contributed by atoms with Gasteiger partial charge in [0.15, 0.2) is 0 Å². The lowest BCUT2D eigenvalue weighted by molar-refractivity contribution is -0.117. The largest absolute Gasteiger partial charge is 0.446 e. The third-order valence-corrected chi connectivity index (χ3v) is 7.34. The van der Waals surface area contributed by atoms with Crippen molar-refractivity contribution in [2.75, 3.05) is 36.5 Å². The summed E-state index contributed by atoms with van der Waals surface area (Å²) in [4.78, 5) is 29.0. The van der Waals surface area contributed by atoms with Gasteiger partial charge in [-0.05, 0) is 58.2 Å². The highest BCUT2D eigenvalue weighted by molar-refractivity contribution is 6.02. The van der Waals surface area contributed by atoms with E-state index in [0.29, 0.717) is 12.6 Å². The fourth-order valence-corrected chi connectivity index (χ4v) is 5.91. The lowest BCUT2D eigenvalue weighted by Crippen LogP contribution is -2.52. The lowest BCUT2D eigenvalue weighted by Gasteiger charge is -2.42. The molecule has 3 heterocycles. The molecule has 0 aliphatic carbocycles. The van der Waals surface area contributed by atoms with Crippen LogP contribution >= 0.6 is 0 Å². The smallest absolute Gasteiger partial charge is 0.414 e. The molecule has 2 fully saturated rings. The van der Waals surface area contributed by atoms with Gasteiger partial charge >= 0.3 is 6.09 Å². The normalized spacial score (nSPS) is 30.9. The molecule has 4 rings (SSSR count). The van der Waals surface area contributed by atoms with E-state index in [4.69, 9.17) is 4.74 Å². The zero-order chi connectivity index (χ0) is 22.5. The van der Waals surface area contributed by atoms with Crippen LogP contribution in [0.25, 0.3) is 0 Å². The summed E-state index contributed by atoms with van der Waals surface area (Å²) >= 11 is 0. The van der Waals surface area contributed by atoms with E-state index in [2.05, 4.69) is 36.1 Å². The summed E-state index contributed by atoms with van der Waals surface area (Å²) in [5, 5.41) is 4.85. The van der Waals surface area contributed by atoms with Crippen LogP contribution in [-0.2, 0) is 14.9 Å². The molecule has 7 nitrogen and oxygen atoms in total. The number of anilines is 2. The lowest BCUT2D eigenvalue weighted by atomic mass is 9.72. The van der Waals surface area contributed by atoms with E-state index in [9.17, 15) is 9.59 Å². The van der Waals surface area contributed by atoms with Gasteiger partial charge in [0.2, 0.25) is 5.91 Å². The number of hydrogen-bond acceptors (Lipinski definition) is 5. The molecule has 2 amide bonds. The molecule has 3 aliphatic heterocycles. The molecule has 0 N–H and O–H groups in total. The Kier molecular flexibility index (Phi) is 5.77. The van der Waals surface area contributed by atoms with Crippen molar-refractivity contribution in [1.29, 1.82) is 0 Å². The van der Waals surface area contributed by atoms with Gasteiger partial charge in [0, 0.05) is 45.1 Å². The molecule has 31 heavy (non-hydrogen) atoms. The van der Waals surface area contributed by atoms with Crippen molar-refractivity contribution in [2.45, 2.75) is 77.5 Å². The van der Waals surface area contributed by atoms with Crippen molar-refractivity contribution in [3.05, 3.63) is 23.8 Å². The van der Waals surface area contributed by atoms with Crippen LogP contribution in [0.15, 0.2) is 18.2 Å². The molecular formula is C24H36N4O3. The first-order chi connectivity index (χ1) is 14.7. The van der Waals surface area contributed by atoms with Gasteiger partial charge < -0.3 is 9.64 Å². The maximum Gasteiger partial charge on any atom is 0.414 e. The Hall–Kier alpha value is -2.12. The SMILES string of the molecule is CC(=O)N1c2ccc(C34CCCCN(C3C)N(C)C4)cc2N(C(=O)OC(C)C)CC1C. The summed E-state index contributed by atoms with van der Waals surface area (Å²) in [7, 11) is 2.17. The number of hydrazine groups is 1. The highest BCUT2D eigenvalue weighted by Crippen LogP contribution is 2.47. The van der Waals surface area contributed by atoms with E-state index in [-0.39, 0.29) is 29.6 Å². The van der Waals surface area contributed by atoms with Crippen molar-refractivity contribution >= 4 is 23.4 Å². The van der Waals surface area contributed by atoms with Crippen LogP contribution in [0.4, 0.5) is 16.2 Å². The highest BCUT2D eigenvalue weighted by Gasteiger charge is 2.50. The quantitative estimate of drug-likeness (QED) is 0.718. The minimum Gasteiger partial charge on any atom is -0.446 e. The second-order valence-corrected chi connectivity index (χ2v) is 9.75. The number of nitrogens with zero attached hydrogens (tertiary/aromatic N) is 4. The van der Waals surface area contributed by atoms with Crippen molar-refractivity contribution in [3.8, 4) is 0 Å². The summed E-state index contributed by atoms with van der Waals surface area (Å²) < 4.78 is 5.56. The number of hydrogen-bond donors (Lipinski definition) is 0. The van der Waals surface area contributed by atoms with E-state index in [1.54, 1.807) is 16.7 Å². The Bertz CT molecular complexity index is 872. The van der Waals surface area contributed by atoms with Gasteiger partial charge in [-0.3, -0.25) is 9.69 Å². The predicted octanol–water partition coefficient (Wildman–Crippen LogP) is 3.77. The second kappa shape index (κ2) is 8.10. The van der Waals surface area contributed by atoms with E-state index in [1.807, 2.05) is 26.8 Å². The van der Waals surface area contributed by atoms with Gasteiger partial charge in [0.25, 0.3) is 0 Å². The van der Waals surface area contributed by atoms with Gasteiger partial charge in [-0.2, -0.15) is 0 Å². The molecule has 2 bridgehead atoms. The Balaban J connectivity index is 1.82. The molecule has 4 atom stereocenters. The molecule has 1 aromatic carbocycles. The van der Waals surface area contributed by atoms with Gasteiger partial charge in [-0.1, -0.05) is 12.5 Å².